The molecule has 0 aliphatic rings. The normalized spacial score (nSPS) is 11.0. The lowest BCUT2D eigenvalue weighted by Crippen LogP contribution is -1.98. The Morgan fingerprint density at radius 3 is 2.87 bits per heavy atom. The first-order valence-corrected chi connectivity index (χ1v) is 8.22. The summed E-state index contributed by atoms with van der Waals surface area (Å²) < 4.78 is 1.98. The van der Waals surface area contributed by atoms with Crippen molar-refractivity contribution < 1.29 is 0 Å². The standard InChI is InChI=1S/C17H15N5S/c1-12-15(22-9-5-8-18-16(22)20-12)14-11-23-17(21-14)19-10-13-6-3-2-4-7-13/h2-9,11H,10H2,1H3,(H,19,21). The van der Waals surface area contributed by atoms with Crippen LogP contribution < -0.4 is 5.32 Å². The number of benzene rings is 1. The summed E-state index contributed by atoms with van der Waals surface area (Å²) in [5, 5.41) is 6.33. The third kappa shape index (κ3) is 2.68. The zero-order chi connectivity index (χ0) is 15.6. The van der Waals surface area contributed by atoms with Gasteiger partial charge in [-0.15, -0.1) is 11.3 Å². The molecule has 0 aliphatic carbocycles. The van der Waals surface area contributed by atoms with E-state index in [1.165, 1.54) is 5.56 Å². The van der Waals surface area contributed by atoms with Gasteiger partial charge in [0.05, 0.1) is 11.4 Å². The van der Waals surface area contributed by atoms with Crippen molar-refractivity contribution in [3.63, 3.8) is 0 Å². The number of aryl methyl sites for hydroxylation is 1. The third-order valence-corrected chi connectivity index (χ3v) is 4.41. The second-order valence-electron chi connectivity index (χ2n) is 5.21. The van der Waals surface area contributed by atoms with E-state index >= 15 is 0 Å². The number of rotatable bonds is 4. The molecule has 1 N–H and O–H groups in total. The summed E-state index contributed by atoms with van der Waals surface area (Å²) in [4.78, 5) is 13.5. The number of imidazole rings is 1. The second kappa shape index (κ2) is 5.81. The van der Waals surface area contributed by atoms with Crippen LogP contribution in [0, 0.1) is 6.92 Å². The van der Waals surface area contributed by atoms with Crippen molar-refractivity contribution in [3.8, 4) is 11.4 Å². The van der Waals surface area contributed by atoms with E-state index < -0.39 is 0 Å². The first-order chi connectivity index (χ1) is 11.3. The van der Waals surface area contributed by atoms with Crippen molar-refractivity contribution in [1.29, 1.82) is 0 Å². The van der Waals surface area contributed by atoms with E-state index in [4.69, 9.17) is 4.98 Å². The fraction of sp³-hybridized carbons (Fsp3) is 0.118. The molecule has 23 heavy (non-hydrogen) atoms. The van der Waals surface area contributed by atoms with Crippen molar-refractivity contribution in [2.24, 2.45) is 0 Å². The molecule has 0 saturated heterocycles. The van der Waals surface area contributed by atoms with Gasteiger partial charge in [0.2, 0.25) is 5.78 Å². The van der Waals surface area contributed by atoms with Gasteiger partial charge >= 0.3 is 0 Å². The maximum atomic E-state index is 4.70. The lowest BCUT2D eigenvalue weighted by atomic mass is 10.2. The number of nitrogens with one attached hydrogen (secondary N) is 1. The molecule has 3 heterocycles. The Balaban J connectivity index is 1.61. The summed E-state index contributed by atoms with van der Waals surface area (Å²) in [6.45, 7) is 2.75. The Morgan fingerprint density at radius 2 is 2.00 bits per heavy atom. The van der Waals surface area contributed by atoms with Gasteiger partial charge in [-0.05, 0) is 18.6 Å². The van der Waals surface area contributed by atoms with Gasteiger partial charge < -0.3 is 5.32 Å². The van der Waals surface area contributed by atoms with Crippen LogP contribution in [0.25, 0.3) is 17.2 Å². The number of hydrogen-bond acceptors (Lipinski definition) is 5. The van der Waals surface area contributed by atoms with Crippen LogP contribution in [-0.2, 0) is 6.54 Å². The lowest BCUT2D eigenvalue weighted by molar-refractivity contribution is 1.10. The summed E-state index contributed by atoms with van der Waals surface area (Å²) in [5.41, 5.74) is 4.09. The fourth-order valence-corrected chi connectivity index (χ4v) is 3.24. The van der Waals surface area contributed by atoms with Crippen molar-refractivity contribution >= 4 is 22.2 Å². The number of fused-ring (bicyclic) bond motifs is 1. The van der Waals surface area contributed by atoms with Crippen molar-refractivity contribution in [2.75, 3.05) is 5.32 Å². The monoisotopic (exact) mass is 321 g/mol. The molecule has 0 saturated carbocycles. The lowest BCUT2D eigenvalue weighted by Gasteiger charge is -2.02. The maximum absolute atomic E-state index is 4.70. The molecule has 4 rings (SSSR count). The van der Waals surface area contributed by atoms with E-state index in [2.05, 4.69) is 32.8 Å². The summed E-state index contributed by atoms with van der Waals surface area (Å²) >= 11 is 1.60. The van der Waals surface area contributed by atoms with Crippen LogP contribution in [0.2, 0.25) is 0 Å². The van der Waals surface area contributed by atoms with Crippen molar-refractivity contribution in [2.45, 2.75) is 13.5 Å². The minimum absolute atomic E-state index is 0.701. The van der Waals surface area contributed by atoms with E-state index in [9.17, 15) is 0 Å². The minimum Gasteiger partial charge on any atom is -0.357 e. The predicted molar refractivity (Wildman–Crippen MR) is 92.6 cm³/mol. The van der Waals surface area contributed by atoms with Gasteiger partial charge in [0.25, 0.3) is 0 Å². The van der Waals surface area contributed by atoms with E-state index in [0.29, 0.717) is 5.78 Å². The predicted octanol–water partition coefficient (Wildman–Crippen LogP) is 3.77. The van der Waals surface area contributed by atoms with Crippen LogP contribution in [0.15, 0.2) is 54.2 Å². The highest BCUT2D eigenvalue weighted by molar-refractivity contribution is 7.14. The summed E-state index contributed by atoms with van der Waals surface area (Å²) in [5.74, 6) is 0.701. The molecule has 0 radical (unpaired) electrons. The Hall–Kier alpha value is -2.73. The molecule has 3 aromatic heterocycles. The number of thiazole rings is 1. The van der Waals surface area contributed by atoms with Gasteiger partial charge in [-0.2, -0.15) is 0 Å². The van der Waals surface area contributed by atoms with Gasteiger partial charge in [-0.3, -0.25) is 4.40 Å². The van der Waals surface area contributed by atoms with Gasteiger partial charge in [-0.1, -0.05) is 30.3 Å². The molecule has 0 bridgehead atoms. The average Bonchev–Trinajstić information content (AvgIpc) is 3.17. The van der Waals surface area contributed by atoms with Gasteiger partial charge in [0.1, 0.15) is 5.69 Å². The molecule has 0 spiro atoms. The molecule has 1 aromatic carbocycles. The third-order valence-electron chi connectivity index (χ3n) is 3.61. The molecular weight excluding hydrogens is 306 g/mol. The highest BCUT2D eigenvalue weighted by Crippen LogP contribution is 2.28. The van der Waals surface area contributed by atoms with Crippen molar-refractivity contribution in [3.05, 3.63) is 65.4 Å². The Kier molecular flexibility index (Phi) is 3.51. The van der Waals surface area contributed by atoms with E-state index in [0.717, 1.165) is 28.8 Å². The summed E-state index contributed by atoms with van der Waals surface area (Å²) in [6, 6.07) is 12.2. The quantitative estimate of drug-likeness (QED) is 0.621. The molecule has 114 valence electrons. The summed E-state index contributed by atoms with van der Waals surface area (Å²) in [7, 11) is 0. The number of hydrogen-bond donors (Lipinski definition) is 1. The molecule has 4 aromatic rings. The largest absolute Gasteiger partial charge is 0.357 e. The Morgan fingerprint density at radius 1 is 1.13 bits per heavy atom. The average molecular weight is 321 g/mol. The van der Waals surface area contributed by atoms with Crippen LogP contribution in [0.1, 0.15) is 11.3 Å². The van der Waals surface area contributed by atoms with E-state index in [1.54, 1.807) is 17.5 Å². The van der Waals surface area contributed by atoms with Crippen LogP contribution in [0.3, 0.4) is 0 Å². The smallest absolute Gasteiger partial charge is 0.234 e. The topological polar surface area (TPSA) is 55.1 Å². The molecule has 0 unspecified atom stereocenters. The molecule has 0 fully saturated rings. The molecular formula is C17H15N5S. The van der Waals surface area contributed by atoms with Gasteiger partial charge in [0.15, 0.2) is 5.13 Å². The second-order valence-corrected chi connectivity index (χ2v) is 6.07. The molecule has 0 aliphatic heterocycles. The SMILES string of the molecule is Cc1nc2ncccn2c1-c1csc(NCc2ccccc2)n1. The molecule has 0 atom stereocenters. The van der Waals surface area contributed by atoms with Gasteiger partial charge in [0, 0.05) is 24.3 Å². The summed E-state index contributed by atoms with van der Waals surface area (Å²) in [6.07, 6.45) is 3.72. The molecule has 5 nitrogen and oxygen atoms in total. The zero-order valence-electron chi connectivity index (χ0n) is 12.6. The fourth-order valence-electron chi connectivity index (χ4n) is 2.54. The molecule has 6 heteroatoms. The van der Waals surface area contributed by atoms with Crippen LogP contribution in [-0.4, -0.2) is 19.4 Å². The van der Waals surface area contributed by atoms with Crippen LogP contribution in [0.4, 0.5) is 5.13 Å². The number of aromatic nitrogens is 4. The number of anilines is 1. The maximum Gasteiger partial charge on any atom is 0.234 e. The first-order valence-electron chi connectivity index (χ1n) is 7.34. The van der Waals surface area contributed by atoms with E-state index in [-0.39, 0.29) is 0 Å². The minimum atomic E-state index is 0.701. The van der Waals surface area contributed by atoms with E-state index in [1.807, 2.05) is 41.8 Å². The molecule has 0 amide bonds. The van der Waals surface area contributed by atoms with Crippen molar-refractivity contribution in [1.82, 2.24) is 19.4 Å². The first kappa shape index (κ1) is 13.9. The van der Waals surface area contributed by atoms with Crippen LogP contribution in [0.5, 0.6) is 0 Å². The van der Waals surface area contributed by atoms with Gasteiger partial charge in [-0.25, -0.2) is 15.0 Å². The Labute approximate surface area is 137 Å². The highest BCUT2D eigenvalue weighted by atomic mass is 32.1. The zero-order valence-corrected chi connectivity index (χ0v) is 13.4. The number of nitrogens with zero attached hydrogens (tertiary/aromatic N) is 4. The highest BCUT2D eigenvalue weighted by Gasteiger charge is 2.14. The Bertz CT molecular complexity index is 942. The van der Waals surface area contributed by atoms with Crippen LogP contribution >= 0.6 is 11.3 Å².